The van der Waals surface area contributed by atoms with Crippen molar-refractivity contribution in [1.29, 1.82) is 0 Å². The Kier molecular flexibility index (Phi) is 8.01. The number of sulfonamides is 1. The van der Waals surface area contributed by atoms with Crippen LogP contribution in [0.25, 0.3) is 0 Å². The zero-order chi connectivity index (χ0) is 22.3. The molecule has 8 heteroatoms. The summed E-state index contributed by atoms with van der Waals surface area (Å²) in [5.74, 6) is 1.16. The molecular weight excluding hydrogens is 452 g/mol. The van der Waals surface area contributed by atoms with Gasteiger partial charge in [-0.3, -0.25) is 9.52 Å². The highest BCUT2D eigenvalue weighted by Gasteiger charge is 2.19. The van der Waals surface area contributed by atoms with Gasteiger partial charge in [-0.25, -0.2) is 8.42 Å². The zero-order valence-corrected chi connectivity index (χ0v) is 19.4. The first-order chi connectivity index (χ1) is 14.9. The number of carbonyl (C=O) groups is 1. The number of anilines is 1. The highest BCUT2D eigenvalue weighted by Crippen LogP contribution is 2.22. The van der Waals surface area contributed by atoms with Gasteiger partial charge >= 0.3 is 0 Å². The summed E-state index contributed by atoms with van der Waals surface area (Å²) in [5.41, 5.74) is 2.39. The van der Waals surface area contributed by atoms with E-state index in [1.54, 1.807) is 61.2 Å². The van der Waals surface area contributed by atoms with Crippen molar-refractivity contribution in [3.63, 3.8) is 0 Å². The van der Waals surface area contributed by atoms with E-state index in [9.17, 15) is 13.2 Å². The standard InChI is InChI=1S/C23H23ClN2O3S2/c1-17-11-12-18(15-22(17)31(28,29)26-20-8-3-2-4-9-20)23(27)25-13-14-30-16-19-7-5-6-10-21(19)24/h2-12,15,26H,13-14,16H2,1H3,(H,25,27). The van der Waals surface area contributed by atoms with Gasteiger partial charge in [0.25, 0.3) is 15.9 Å². The number of nitrogens with one attached hydrogen (secondary N) is 2. The van der Waals surface area contributed by atoms with E-state index in [0.717, 1.165) is 16.3 Å². The van der Waals surface area contributed by atoms with Crippen LogP contribution in [0.2, 0.25) is 5.02 Å². The largest absolute Gasteiger partial charge is 0.351 e. The van der Waals surface area contributed by atoms with E-state index < -0.39 is 10.0 Å². The Hall–Kier alpha value is -2.48. The molecule has 0 fully saturated rings. The summed E-state index contributed by atoms with van der Waals surface area (Å²) in [6.45, 7) is 2.17. The van der Waals surface area contributed by atoms with Crippen LogP contribution in [0.4, 0.5) is 5.69 Å². The van der Waals surface area contributed by atoms with Crippen LogP contribution in [0.15, 0.2) is 77.7 Å². The molecule has 162 valence electrons. The van der Waals surface area contributed by atoms with Crippen LogP contribution in [0.1, 0.15) is 21.5 Å². The predicted molar refractivity (Wildman–Crippen MR) is 128 cm³/mol. The maximum atomic E-state index is 12.8. The summed E-state index contributed by atoms with van der Waals surface area (Å²) in [4.78, 5) is 12.6. The minimum atomic E-state index is -3.81. The van der Waals surface area contributed by atoms with Crippen molar-refractivity contribution in [3.8, 4) is 0 Å². The van der Waals surface area contributed by atoms with Crippen LogP contribution in [-0.2, 0) is 15.8 Å². The van der Waals surface area contributed by atoms with Crippen molar-refractivity contribution in [2.24, 2.45) is 0 Å². The van der Waals surface area contributed by atoms with Crippen LogP contribution >= 0.6 is 23.4 Å². The SMILES string of the molecule is Cc1ccc(C(=O)NCCSCc2ccccc2Cl)cc1S(=O)(=O)Nc1ccccc1. The molecule has 0 bridgehead atoms. The zero-order valence-electron chi connectivity index (χ0n) is 17.0. The van der Waals surface area contributed by atoms with Crippen LogP contribution in [0.3, 0.4) is 0 Å². The van der Waals surface area contributed by atoms with Crippen LogP contribution in [-0.4, -0.2) is 26.6 Å². The minimum absolute atomic E-state index is 0.0806. The molecule has 3 aromatic rings. The molecule has 0 aliphatic heterocycles. The smallest absolute Gasteiger partial charge is 0.262 e. The maximum Gasteiger partial charge on any atom is 0.262 e. The molecule has 0 aliphatic rings. The van der Waals surface area contributed by atoms with Gasteiger partial charge < -0.3 is 5.32 Å². The first kappa shape index (κ1) is 23.2. The summed E-state index contributed by atoms with van der Waals surface area (Å²) >= 11 is 7.81. The van der Waals surface area contributed by atoms with Gasteiger partial charge in [-0.2, -0.15) is 11.8 Å². The number of hydrogen-bond acceptors (Lipinski definition) is 4. The molecule has 0 unspecified atom stereocenters. The van der Waals surface area contributed by atoms with Crippen molar-refractivity contribution < 1.29 is 13.2 Å². The number of aryl methyl sites for hydroxylation is 1. The summed E-state index contributed by atoms with van der Waals surface area (Å²) in [6.07, 6.45) is 0. The molecule has 31 heavy (non-hydrogen) atoms. The molecule has 0 spiro atoms. The van der Waals surface area contributed by atoms with E-state index in [0.29, 0.717) is 29.1 Å². The predicted octanol–water partition coefficient (Wildman–Crippen LogP) is 5.11. The van der Waals surface area contributed by atoms with Gasteiger partial charge in [0.05, 0.1) is 4.90 Å². The molecule has 3 rings (SSSR count). The molecule has 0 saturated heterocycles. The normalized spacial score (nSPS) is 11.2. The lowest BCUT2D eigenvalue weighted by Crippen LogP contribution is -2.26. The van der Waals surface area contributed by atoms with Crippen molar-refractivity contribution in [2.45, 2.75) is 17.6 Å². The Morgan fingerprint density at radius 2 is 1.71 bits per heavy atom. The summed E-state index contributed by atoms with van der Waals surface area (Å²) in [5, 5.41) is 3.57. The molecule has 0 heterocycles. The number of amides is 1. The maximum absolute atomic E-state index is 12.8. The van der Waals surface area contributed by atoms with E-state index in [4.69, 9.17) is 11.6 Å². The number of benzene rings is 3. The first-order valence-corrected chi connectivity index (χ1v) is 12.7. The third kappa shape index (κ3) is 6.50. The minimum Gasteiger partial charge on any atom is -0.351 e. The van der Waals surface area contributed by atoms with E-state index >= 15 is 0 Å². The molecule has 0 aromatic heterocycles. The third-order valence-electron chi connectivity index (χ3n) is 4.51. The fourth-order valence-electron chi connectivity index (χ4n) is 2.88. The fraction of sp³-hybridized carbons (Fsp3) is 0.174. The average molecular weight is 475 g/mol. The summed E-state index contributed by atoms with van der Waals surface area (Å²) < 4.78 is 28.2. The Labute approximate surface area is 192 Å². The van der Waals surface area contributed by atoms with E-state index in [1.165, 1.54) is 6.07 Å². The highest BCUT2D eigenvalue weighted by atomic mass is 35.5. The quantitative estimate of drug-likeness (QED) is 0.422. The molecule has 0 aliphatic carbocycles. The Morgan fingerprint density at radius 1 is 1.00 bits per heavy atom. The fourth-order valence-corrected chi connectivity index (χ4v) is 5.36. The van der Waals surface area contributed by atoms with Crippen LogP contribution < -0.4 is 10.0 Å². The van der Waals surface area contributed by atoms with Gasteiger partial charge in [0, 0.05) is 34.3 Å². The molecule has 0 saturated carbocycles. The van der Waals surface area contributed by atoms with E-state index in [2.05, 4.69) is 10.0 Å². The topological polar surface area (TPSA) is 75.3 Å². The molecule has 2 N–H and O–H groups in total. The highest BCUT2D eigenvalue weighted by molar-refractivity contribution is 7.98. The first-order valence-electron chi connectivity index (χ1n) is 9.65. The number of thioether (sulfide) groups is 1. The van der Waals surface area contributed by atoms with Gasteiger partial charge in [0.15, 0.2) is 0 Å². The lowest BCUT2D eigenvalue weighted by Gasteiger charge is -2.12. The van der Waals surface area contributed by atoms with Gasteiger partial charge in [-0.05, 0) is 48.4 Å². The Bertz CT molecular complexity index is 1150. The van der Waals surface area contributed by atoms with Crippen LogP contribution in [0.5, 0.6) is 0 Å². The van der Waals surface area contributed by atoms with Gasteiger partial charge in [-0.1, -0.05) is 54.1 Å². The molecular formula is C23H23ClN2O3S2. The summed E-state index contributed by atoms with van der Waals surface area (Å²) in [6, 6.07) is 21.0. The third-order valence-corrected chi connectivity index (χ3v) is 7.41. The second-order valence-corrected chi connectivity index (χ2v) is 10.0. The lowest BCUT2D eigenvalue weighted by atomic mass is 10.1. The number of hydrogen-bond donors (Lipinski definition) is 2. The Morgan fingerprint density at radius 3 is 2.45 bits per heavy atom. The van der Waals surface area contributed by atoms with Crippen molar-refractivity contribution in [2.75, 3.05) is 17.0 Å². The lowest BCUT2D eigenvalue weighted by molar-refractivity contribution is 0.0956. The second kappa shape index (κ2) is 10.7. The molecule has 5 nitrogen and oxygen atoms in total. The molecule has 0 atom stereocenters. The van der Waals surface area contributed by atoms with Gasteiger partial charge in [0.1, 0.15) is 0 Å². The van der Waals surface area contributed by atoms with E-state index in [-0.39, 0.29) is 10.8 Å². The monoisotopic (exact) mass is 474 g/mol. The summed E-state index contributed by atoms with van der Waals surface area (Å²) in [7, 11) is -3.81. The molecule has 3 aromatic carbocycles. The van der Waals surface area contributed by atoms with Crippen molar-refractivity contribution >= 4 is 45.0 Å². The number of rotatable bonds is 9. The molecule has 0 radical (unpaired) electrons. The number of halogens is 1. The Balaban J connectivity index is 1.58. The second-order valence-electron chi connectivity index (χ2n) is 6.85. The van der Waals surface area contributed by atoms with Crippen LogP contribution in [0, 0.1) is 6.92 Å². The average Bonchev–Trinajstić information content (AvgIpc) is 2.75. The van der Waals surface area contributed by atoms with Gasteiger partial charge in [-0.15, -0.1) is 0 Å². The van der Waals surface area contributed by atoms with Crippen molar-refractivity contribution in [3.05, 3.63) is 94.5 Å². The van der Waals surface area contributed by atoms with Crippen molar-refractivity contribution in [1.82, 2.24) is 5.32 Å². The van der Waals surface area contributed by atoms with Gasteiger partial charge in [0.2, 0.25) is 0 Å². The van der Waals surface area contributed by atoms with E-state index in [1.807, 2.05) is 24.3 Å². The number of para-hydroxylation sites is 1. The number of carbonyl (C=O) groups excluding carboxylic acids is 1. The molecule has 1 amide bonds.